The summed E-state index contributed by atoms with van der Waals surface area (Å²) in [4.78, 5) is 61.3. The number of amides is 4. The van der Waals surface area contributed by atoms with Crippen LogP contribution in [0.2, 0.25) is 0 Å². The summed E-state index contributed by atoms with van der Waals surface area (Å²) in [6.45, 7) is 21.2. The molecular formula is C60H84N8O11S. The summed E-state index contributed by atoms with van der Waals surface area (Å²) in [5, 5.41) is 28.1. The fourth-order valence-corrected chi connectivity index (χ4v) is 10.1. The Morgan fingerprint density at radius 3 is 2.20 bits per heavy atom. The van der Waals surface area contributed by atoms with Gasteiger partial charge in [0, 0.05) is 38.2 Å². The lowest BCUT2D eigenvalue weighted by Gasteiger charge is -2.35. The number of nitrogens with zero attached hydrogens (tertiary/aromatic N) is 5. The maximum Gasteiger partial charge on any atom is 0.278 e. The third kappa shape index (κ3) is 17.0. The molecule has 6 rings (SSSR count). The first-order chi connectivity index (χ1) is 38.2. The Balaban J connectivity index is 0.898. The number of benzene rings is 3. The van der Waals surface area contributed by atoms with E-state index in [1.807, 2.05) is 75.7 Å². The van der Waals surface area contributed by atoms with Crippen LogP contribution in [0.5, 0.6) is 23.0 Å². The summed E-state index contributed by atoms with van der Waals surface area (Å²) in [6.07, 6.45) is 5.37. The molecule has 3 heterocycles. The van der Waals surface area contributed by atoms with Crippen molar-refractivity contribution in [2.24, 2.45) is 5.41 Å². The topological polar surface area (TPSA) is 227 Å². The number of likely N-dealkylation sites (tertiary alicyclic amines) is 1. The molecule has 1 aliphatic rings. The summed E-state index contributed by atoms with van der Waals surface area (Å²) in [6, 6.07) is 15.4. The van der Waals surface area contributed by atoms with E-state index in [9.17, 15) is 24.3 Å². The van der Waals surface area contributed by atoms with Crippen molar-refractivity contribution in [2.75, 3.05) is 59.1 Å². The lowest BCUT2D eigenvalue weighted by molar-refractivity contribution is -0.144. The Morgan fingerprint density at radius 2 is 1.55 bits per heavy atom. The molecule has 1 saturated heterocycles. The Kier molecular flexibility index (Phi) is 22.8. The average Bonchev–Trinajstić information content (AvgIpc) is 4.18. The van der Waals surface area contributed by atoms with Gasteiger partial charge in [-0.05, 0) is 85.6 Å². The molecule has 0 spiro atoms. The van der Waals surface area contributed by atoms with Crippen molar-refractivity contribution >= 4 is 40.7 Å². The number of anilines is 1. The van der Waals surface area contributed by atoms with Crippen LogP contribution in [0.15, 0.2) is 60.1 Å². The van der Waals surface area contributed by atoms with Gasteiger partial charge in [0.1, 0.15) is 35.9 Å². The lowest BCUT2D eigenvalue weighted by atomic mass is 9.85. The number of thiazole rings is 1. The zero-order valence-electron chi connectivity index (χ0n) is 48.9. The van der Waals surface area contributed by atoms with E-state index in [1.54, 1.807) is 49.3 Å². The second-order valence-electron chi connectivity index (χ2n) is 22.3. The summed E-state index contributed by atoms with van der Waals surface area (Å²) in [5.41, 5.74) is 6.65. The van der Waals surface area contributed by atoms with Crippen molar-refractivity contribution < 1.29 is 52.7 Å². The van der Waals surface area contributed by atoms with Crippen LogP contribution in [0, 0.1) is 19.3 Å². The fraction of sp³-hybridized carbons (Fsp3) is 0.550. The highest BCUT2D eigenvalue weighted by Gasteiger charge is 2.44. The minimum atomic E-state index is -0.969. The monoisotopic (exact) mass is 1120 g/mol. The van der Waals surface area contributed by atoms with Gasteiger partial charge in [0.05, 0.1) is 73.7 Å². The van der Waals surface area contributed by atoms with Gasteiger partial charge in [-0.2, -0.15) is 0 Å². The molecule has 436 valence electrons. The van der Waals surface area contributed by atoms with Crippen LogP contribution in [0.3, 0.4) is 0 Å². The minimum Gasteiger partial charge on any atom is -0.494 e. The van der Waals surface area contributed by atoms with E-state index in [0.29, 0.717) is 53.3 Å². The van der Waals surface area contributed by atoms with Crippen LogP contribution in [-0.2, 0) is 35.8 Å². The predicted octanol–water partition coefficient (Wildman–Crippen LogP) is 9.31. The number of aliphatic hydroxyl groups is 1. The van der Waals surface area contributed by atoms with Crippen molar-refractivity contribution in [3.8, 4) is 39.1 Å². The number of aromatic nitrogens is 4. The molecule has 19 nitrogen and oxygen atoms in total. The summed E-state index contributed by atoms with van der Waals surface area (Å²) in [7, 11) is 3.11. The van der Waals surface area contributed by atoms with Gasteiger partial charge in [0.15, 0.2) is 17.2 Å². The largest absolute Gasteiger partial charge is 0.494 e. The van der Waals surface area contributed by atoms with Gasteiger partial charge < -0.3 is 54.4 Å². The highest BCUT2D eigenvalue weighted by Crippen LogP contribution is 2.38. The first kappa shape index (κ1) is 62.6. The van der Waals surface area contributed by atoms with E-state index in [1.165, 1.54) is 4.90 Å². The standard InChI is InChI=1S/C60H84N8O11S/c1-13-19-44(14-2)79-48-25-24-42(59(5,6)7)30-45(48)63-57(72)53-39(4)68(66-65-53)46-32-50(75-12)51(33-49(46)74-11)78-27-18-16-15-17-26-76-28-29-77-36-52(70)64-55(60(8,9)10)58(73)67-35-43(69)31-47(67)56(71)61-34-40-20-22-41(23-21-40)54-38(3)62-37-80-54/h20-25,30,32-33,37,43-44,47,55,69H,13-19,26-29,31,34-36H2,1-12H3,(H,61,71)(H,63,72)(H,64,70)/t43-,44+,47+,55-/m1/s1. The zero-order chi connectivity index (χ0) is 58.1. The predicted molar refractivity (Wildman–Crippen MR) is 309 cm³/mol. The number of hydrogen-bond acceptors (Lipinski definition) is 15. The van der Waals surface area contributed by atoms with E-state index in [4.69, 9.17) is 28.4 Å². The lowest BCUT2D eigenvalue weighted by Crippen LogP contribution is -2.58. The van der Waals surface area contributed by atoms with Crippen molar-refractivity contribution in [1.82, 2.24) is 35.5 Å². The third-order valence-corrected chi connectivity index (χ3v) is 15.0. The number of carbonyl (C=O) groups is 4. The Bertz CT molecular complexity index is 2840. The van der Waals surface area contributed by atoms with Crippen molar-refractivity contribution in [3.05, 3.63) is 88.3 Å². The van der Waals surface area contributed by atoms with Crippen molar-refractivity contribution in [3.63, 3.8) is 0 Å². The number of aryl methyl sites for hydroxylation is 1. The molecule has 0 radical (unpaired) electrons. The number of methoxy groups -OCH3 is 2. The Morgan fingerprint density at radius 1 is 0.838 bits per heavy atom. The van der Waals surface area contributed by atoms with Crippen LogP contribution in [0.4, 0.5) is 5.69 Å². The van der Waals surface area contributed by atoms with Crippen LogP contribution in [0.25, 0.3) is 16.1 Å². The van der Waals surface area contributed by atoms with E-state index < -0.39 is 41.3 Å². The van der Waals surface area contributed by atoms with Gasteiger partial charge in [0.25, 0.3) is 5.91 Å². The maximum atomic E-state index is 14.0. The third-order valence-electron chi connectivity index (χ3n) is 14.0. The highest BCUT2D eigenvalue weighted by molar-refractivity contribution is 7.13. The van der Waals surface area contributed by atoms with E-state index in [0.717, 1.165) is 72.2 Å². The van der Waals surface area contributed by atoms with Gasteiger partial charge in [-0.25, -0.2) is 9.67 Å². The van der Waals surface area contributed by atoms with Crippen LogP contribution in [-0.4, -0.2) is 132 Å². The average molecular weight is 1130 g/mol. The quantitative estimate of drug-likeness (QED) is 0.0328. The number of carbonyl (C=O) groups excluding carboxylic acids is 4. The number of nitrogens with one attached hydrogen (secondary N) is 3. The number of rotatable bonds is 29. The van der Waals surface area contributed by atoms with E-state index in [-0.39, 0.29) is 62.5 Å². The molecule has 5 aromatic rings. The van der Waals surface area contributed by atoms with E-state index >= 15 is 0 Å². The smallest absolute Gasteiger partial charge is 0.278 e. The molecule has 80 heavy (non-hydrogen) atoms. The van der Waals surface area contributed by atoms with Crippen LogP contribution in [0.1, 0.15) is 140 Å². The minimum absolute atomic E-state index is 0.0198. The molecule has 1 aliphatic heterocycles. The van der Waals surface area contributed by atoms with Gasteiger partial charge >= 0.3 is 0 Å². The number of aliphatic hydroxyl groups excluding tert-OH is 1. The van der Waals surface area contributed by atoms with E-state index in [2.05, 4.69) is 65.9 Å². The van der Waals surface area contributed by atoms with Gasteiger partial charge in [-0.1, -0.05) is 104 Å². The zero-order valence-corrected chi connectivity index (χ0v) is 49.7. The molecule has 4 atom stereocenters. The first-order valence-corrected chi connectivity index (χ1v) is 28.7. The normalized spacial score (nSPS) is 15.3. The summed E-state index contributed by atoms with van der Waals surface area (Å²) >= 11 is 1.57. The SMILES string of the molecule is CCC[C@H](CC)Oc1ccc(C(C)(C)C)cc1NC(=O)c1nnn(-c2cc(OC)c(OCCCCCCOCCOCC(=O)N[C@H](C(=O)N3C[C@H](O)C[C@H]3C(=O)NCc3ccc(-c4scnc4C)cc3)C(C)(C)C)cc2OC)c1C. The molecule has 0 bridgehead atoms. The van der Waals surface area contributed by atoms with Gasteiger partial charge in [-0.15, -0.1) is 16.4 Å². The number of unbranched alkanes of at least 4 members (excludes halogenated alkanes) is 3. The summed E-state index contributed by atoms with van der Waals surface area (Å²) < 4.78 is 37.0. The Hall–Kier alpha value is -6.61. The molecule has 0 aliphatic carbocycles. The summed E-state index contributed by atoms with van der Waals surface area (Å²) in [5.74, 6) is 0.310. The van der Waals surface area contributed by atoms with Crippen molar-refractivity contribution in [2.45, 2.75) is 157 Å². The Labute approximate surface area is 475 Å². The first-order valence-electron chi connectivity index (χ1n) is 27.8. The molecule has 2 aromatic heterocycles. The van der Waals surface area contributed by atoms with Crippen LogP contribution < -0.4 is 34.9 Å². The second-order valence-corrected chi connectivity index (χ2v) is 23.2. The molecular weight excluding hydrogens is 1040 g/mol. The number of β-amino-alcohol motifs (C(OH)–C–C–N with tert-alkyl or cyclic N) is 1. The maximum absolute atomic E-state index is 14.0. The van der Waals surface area contributed by atoms with Crippen LogP contribution >= 0.6 is 11.3 Å². The molecule has 20 heteroatoms. The fourth-order valence-electron chi connectivity index (χ4n) is 9.34. The second kappa shape index (κ2) is 29.2. The molecule has 4 N–H and O–H groups in total. The van der Waals surface area contributed by atoms with Crippen molar-refractivity contribution in [1.29, 1.82) is 0 Å². The van der Waals surface area contributed by atoms with Gasteiger partial charge in [-0.3, -0.25) is 19.2 Å². The molecule has 4 amide bonds. The number of hydrogen-bond donors (Lipinski definition) is 4. The highest BCUT2D eigenvalue weighted by atomic mass is 32.1. The molecule has 0 saturated carbocycles. The number of ether oxygens (including phenoxy) is 6. The molecule has 1 fully saturated rings. The molecule has 0 unspecified atom stereocenters. The molecule has 3 aromatic carbocycles. The van der Waals surface area contributed by atoms with Gasteiger partial charge in [0.2, 0.25) is 17.7 Å².